The van der Waals surface area contributed by atoms with Crippen molar-refractivity contribution >= 4 is 28.1 Å². The van der Waals surface area contributed by atoms with Crippen LogP contribution < -0.4 is 28.4 Å². The molecule has 15 heavy (non-hydrogen) atoms. The molecule has 0 aliphatic heterocycles. The number of benzene rings is 2. The van der Waals surface area contributed by atoms with Crippen LogP contribution in [-0.2, 0) is 0 Å². The predicted molar refractivity (Wildman–Crippen MR) is 62.5 cm³/mol. The summed E-state index contributed by atoms with van der Waals surface area (Å²) in [7, 11) is 0. The zero-order chi connectivity index (χ0) is 10.5. The second-order valence-electron chi connectivity index (χ2n) is 3.06. The molecule has 0 fully saturated rings. The first-order valence-electron chi connectivity index (χ1n) is 4.71. The van der Waals surface area contributed by atoms with E-state index >= 15 is 0 Å². The number of halogens is 1. The molecule has 2 heteroatoms. The van der Waals surface area contributed by atoms with Crippen molar-refractivity contribution in [1.29, 1.82) is 0 Å². The van der Waals surface area contributed by atoms with Crippen molar-refractivity contribution in [3.63, 3.8) is 0 Å². The summed E-state index contributed by atoms with van der Waals surface area (Å²) in [4.78, 5) is 2.31. The molecule has 0 spiro atoms. The maximum atomic E-state index is 2.31. The van der Waals surface area contributed by atoms with Crippen LogP contribution in [0.3, 0.4) is 0 Å². The van der Waals surface area contributed by atoms with Crippen molar-refractivity contribution in [3.05, 3.63) is 58.2 Å². The Hall–Kier alpha value is -0.0404. The summed E-state index contributed by atoms with van der Waals surface area (Å²) < 4.78 is 4.59. The molecular weight excluding hydrogens is 411 g/mol. The third kappa shape index (κ3) is 3.48. The third-order valence-electron chi connectivity index (χ3n) is 2.01. The number of alkyl halides is 1. The monoisotopic (exact) mass is 425 g/mol. The van der Waals surface area contributed by atoms with E-state index in [1.807, 2.05) is 0 Å². The summed E-state index contributed by atoms with van der Waals surface area (Å²) in [5.41, 5.74) is 0. The number of rotatable bonds is 3. The van der Waals surface area contributed by atoms with Gasteiger partial charge in [0.05, 0.1) is 0 Å². The maximum absolute atomic E-state index is 2.31. The summed E-state index contributed by atoms with van der Waals surface area (Å²) in [5, 5.41) is 0. The molecule has 0 aromatic heterocycles. The second-order valence-corrected chi connectivity index (χ2v) is 8.66. The van der Waals surface area contributed by atoms with Gasteiger partial charge in [0, 0.05) is 0 Å². The van der Waals surface area contributed by atoms with Gasteiger partial charge in [-0.25, -0.2) is 0 Å². The van der Waals surface area contributed by atoms with Gasteiger partial charge in [-0.15, -0.1) is 0 Å². The molecule has 0 amide bonds. The van der Waals surface area contributed by atoms with E-state index in [0.29, 0.717) is 0 Å². The fourth-order valence-corrected chi connectivity index (χ4v) is 4.72. The normalized spacial score (nSPS) is 10.5. The molecule has 2 aromatic rings. The van der Waals surface area contributed by atoms with Crippen LogP contribution in [0.5, 0.6) is 0 Å². The fraction of sp³-hybridized carbons (Fsp3) is 0.0769. The molecule has 0 aliphatic carbocycles. The molecule has 0 aliphatic rings. The topological polar surface area (TPSA) is 0 Å². The van der Waals surface area contributed by atoms with E-state index in [9.17, 15) is 0 Å². The van der Waals surface area contributed by atoms with Crippen LogP contribution in [0.2, 0.25) is 0 Å². The second kappa shape index (κ2) is 5.89. The van der Waals surface area contributed by atoms with Gasteiger partial charge in [0.1, 0.15) is 0 Å². The molecule has 2 rings (SSSR count). The van der Waals surface area contributed by atoms with Crippen LogP contribution in [0.1, 0.15) is 0 Å². The molecule has 0 heterocycles. The Bertz CT molecular complexity index is 408. The van der Waals surface area contributed by atoms with Crippen molar-refractivity contribution < 1.29 is 21.2 Å². The van der Waals surface area contributed by atoms with Crippen LogP contribution in [-0.4, -0.2) is 25.9 Å². The molecule has 0 saturated heterocycles. The summed E-state index contributed by atoms with van der Waals surface area (Å²) >= 11 is 0.0876. The van der Waals surface area contributed by atoms with E-state index in [2.05, 4.69) is 59.5 Å². The molecule has 2 aromatic carbocycles. The van der Waals surface area contributed by atoms with Gasteiger partial charge in [-0.3, -0.25) is 0 Å². The van der Waals surface area contributed by atoms with Crippen molar-refractivity contribution in [2.24, 2.45) is 0 Å². The van der Waals surface area contributed by atoms with Crippen LogP contribution in [0.4, 0.5) is 0 Å². The molecule has 0 atom stereocenters. The van der Waals surface area contributed by atoms with Crippen molar-refractivity contribution in [3.8, 4) is 0 Å². The Morgan fingerprint density at radius 3 is 2.00 bits per heavy atom. The minimum atomic E-state index is -0.163. The quantitative estimate of drug-likeness (QED) is 0.312. The van der Waals surface area contributed by atoms with Crippen LogP contribution in [0.25, 0.3) is 0 Å². The molecule has 78 valence electrons. The van der Waals surface area contributed by atoms with E-state index < -0.39 is 0 Å². The molecule has 0 nitrogen and oxygen atoms in total. The van der Waals surface area contributed by atoms with E-state index in [0.717, 1.165) is 0 Å². The standard InChI is InChI=1S/C13H12ITe/c1-14-11-7-9-13(10-8-11)15-12-5-3-2-4-6-12/h2-10H,1H3/q-1. The SMILES string of the molecule is C[I-]c1ccc([Te]c2ccccc2)cc1. The van der Waals surface area contributed by atoms with E-state index in [1.54, 1.807) is 0 Å². The first-order chi connectivity index (χ1) is 7.38. The fourth-order valence-electron chi connectivity index (χ4n) is 1.25. The summed E-state index contributed by atoms with van der Waals surface area (Å²) in [6.07, 6.45) is 0. The summed E-state index contributed by atoms with van der Waals surface area (Å²) in [5.74, 6) is 0. The Kier molecular flexibility index (Phi) is 4.49. The van der Waals surface area contributed by atoms with Crippen LogP contribution in [0, 0.1) is 3.57 Å². The predicted octanol–water partition coefficient (Wildman–Crippen LogP) is -1.77. The third-order valence-corrected chi connectivity index (χ3v) is 6.87. The Morgan fingerprint density at radius 2 is 1.40 bits per heavy atom. The molecule has 0 saturated carbocycles. The summed E-state index contributed by atoms with van der Waals surface area (Å²) in [6, 6.07) is 20.1. The van der Waals surface area contributed by atoms with Gasteiger partial charge in [-0.1, -0.05) is 0 Å². The number of hydrogen-bond donors (Lipinski definition) is 0. The molecule has 0 radical (unpaired) electrons. The van der Waals surface area contributed by atoms with Crippen molar-refractivity contribution in [2.45, 2.75) is 0 Å². The summed E-state index contributed by atoms with van der Waals surface area (Å²) in [6.45, 7) is 0. The van der Waals surface area contributed by atoms with Gasteiger partial charge >= 0.3 is 112 Å². The molecular formula is C13H12ITe-. The van der Waals surface area contributed by atoms with E-state index in [1.165, 1.54) is 10.8 Å². The zero-order valence-corrected chi connectivity index (χ0v) is 13.0. The van der Waals surface area contributed by atoms with Gasteiger partial charge in [0.15, 0.2) is 0 Å². The van der Waals surface area contributed by atoms with Crippen LogP contribution in [0.15, 0.2) is 54.6 Å². The van der Waals surface area contributed by atoms with E-state index in [-0.39, 0.29) is 42.1 Å². The van der Waals surface area contributed by atoms with Gasteiger partial charge in [0.25, 0.3) is 0 Å². The van der Waals surface area contributed by atoms with Crippen molar-refractivity contribution in [1.82, 2.24) is 0 Å². The zero-order valence-electron chi connectivity index (χ0n) is 8.48. The Labute approximate surface area is 111 Å². The first-order valence-corrected chi connectivity index (χ1v) is 10.3. The molecule has 0 bridgehead atoms. The van der Waals surface area contributed by atoms with Crippen LogP contribution >= 0.6 is 0 Å². The van der Waals surface area contributed by atoms with Gasteiger partial charge in [-0.2, -0.15) is 0 Å². The van der Waals surface area contributed by atoms with Crippen molar-refractivity contribution in [2.75, 3.05) is 4.93 Å². The average Bonchev–Trinajstić information content (AvgIpc) is 2.31. The first kappa shape index (κ1) is 11.4. The van der Waals surface area contributed by atoms with Gasteiger partial charge in [0.2, 0.25) is 0 Å². The van der Waals surface area contributed by atoms with Gasteiger partial charge < -0.3 is 0 Å². The Morgan fingerprint density at radius 1 is 0.800 bits per heavy atom. The minimum absolute atomic E-state index is 0.163. The van der Waals surface area contributed by atoms with Gasteiger partial charge in [-0.05, 0) is 0 Å². The van der Waals surface area contributed by atoms with E-state index in [4.69, 9.17) is 0 Å². The molecule has 0 unspecified atom stereocenters. The number of hydrogen-bond acceptors (Lipinski definition) is 0. The Balaban J connectivity index is 2.11. The average molecular weight is 423 g/mol. The molecule has 0 N–H and O–H groups in total.